The maximum atomic E-state index is 3.60. The Balaban J connectivity index is 1.66. The van der Waals surface area contributed by atoms with Gasteiger partial charge in [0, 0.05) is 48.3 Å². The Morgan fingerprint density at radius 3 is 2.23 bits per heavy atom. The number of aryl methyl sites for hydroxylation is 1. The fourth-order valence-corrected chi connectivity index (χ4v) is 6.00. The molecule has 4 aliphatic heterocycles. The van der Waals surface area contributed by atoms with Crippen LogP contribution in [0.4, 0.5) is 0 Å². The van der Waals surface area contributed by atoms with Crippen molar-refractivity contribution in [1.29, 1.82) is 0 Å². The van der Waals surface area contributed by atoms with Crippen LogP contribution in [0.25, 0.3) is 10.9 Å². The van der Waals surface area contributed by atoms with Crippen molar-refractivity contribution >= 4 is 10.9 Å². The zero-order valence-electron chi connectivity index (χ0n) is 13.8. The van der Waals surface area contributed by atoms with Crippen molar-refractivity contribution in [3.05, 3.63) is 35.5 Å². The smallest absolute Gasteiger partial charge is 0.0910 e. The zero-order chi connectivity index (χ0) is 15.1. The number of benzene rings is 1. The quantitative estimate of drug-likeness (QED) is 0.869. The molecule has 3 nitrogen and oxygen atoms in total. The van der Waals surface area contributed by atoms with E-state index in [9.17, 15) is 0 Å². The Morgan fingerprint density at radius 1 is 1.00 bits per heavy atom. The van der Waals surface area contributed by atoms with Crippen LogP contribution >= 0.6 is 0 Å². The lowest BCUT2D eigenvalue weighted by atomic mass is 9.63. The minimum Gasteiger partial charge on any atom is -0.358 e. The number of fused-ring (bicyclic) bond motifs is 1. The summed E-state index contributed by atoms with van der Waals surface area (Å²) >= 11 is 0. The highest BCUT2D eigenvalue weighted by Crippen LogP contribution is 2.55. The topological polar surface area (TPSA) is 22.3 Å². The molecule has 6 rings (SSSR count). The van der Waals surface area contributed by atoms with E-state index in [2.05, 4.69) is 59.8 Å². The summed E-state index contributed by atoms with van der Waals surface area (Å²) in [7, 11) is 0. The molecule has 0 amide bonds. The van der Waals surface area contributed by atoms with Gasteiger partial charge in [0.05, 0.1) is 6.17 Å². The molecule has 1 aromatic heterocycles. The van der Waals surface area contributed by atoms with Gasteiger partial charge in [0.25, 0.3) is 0 Å². The molecule has 0 spiro atoms. The number of hydrogen-bond acceptors (Lipinski definition) is 2. The Morgan fingerprint density at radius 2 is 1.59 bits per heavy atom. The van der Waals surface area contributed by atoms with Crippen molar-refractivity contribution in [2.24, 2.45) is 10.8 Å². The van der Waals surface area contributed by atoms with Crippen molar-refractivity contribution in [2.75, 3.05) is 26.2 Å². The van der Waals surface area contributed by atoms with Gasteiger partial charge in [-0.2, -0.15) is 0 Å². The van der Waals surface area contributed by atoms with E-state index in [0.29, 0.717) is 17.0 Å². The Kier molecular flexibility index (Phi) is 2.36. The number of piperidine rings is 2. The van der Waals surface area contributed by atoms with E-state index in [4.69, 9.17) is 0 Å². The van der Waals surface area contributed by atoms with Gasteiger partial charge in [0.15, 0.2) is 0 Å². The van der Waals surface area contributed by atoms with E-state index in [-0.39, 0.29) is 0 Å². The van der Waals surface area contributed by atoms with E-state index >= 15 is 0 Å². The largest absolute Gasteiger partial charge is 0.358 e. The molecule has 4 fully saturated rings. The molecule has 22 heavy (non-hydrogen) atoms. The summed E-state index contributed by atoms with van der Waals surface area (Å²) in [5.41, 5.74) is 5.11. The molecule has 4 saturated heterocycles. The molecule has 0 atom stereocenters. The number of aromatic amines is 1. The summed E-state index contributed by atoms with van der Waals surface area (Å²) in [6.45, 7) is 12.2. The van der Waals surface area contributed by atoms with Crippen LogP contribution in [0.1, 0.15) is 37.7 Å². The third-order valence-electron chi connectivity index (χ3n) is 6.09. The predicted octanol–water partition coefficient (Wildman–Crippen LogP) is 3.52. The monoisotopic (exact) mass is 295 g/mol. The van der Waals surface area contributed by atoms with Gasteiger partial charge >= 0.3 is 0 Å². The first kappa shape index (κ1) is 13.1. The fourth-order valence-electron chi connectivity index (χ4n) is 6.00. The molecule has 1 N–H and O–H groups in total. The third-order valence-corrected chi connectivity index (χ3v) is 6.09. The van der Waals surface area contributed by atoms with E-state index in [1.807, 2.05) is 0 Å². The number of H-pyrrole nitrogens is 1. The predicted molar refractivity (Wildman–Crippen MR) is 89.8 cm³/mol. The van der Waals surface area contributed by atoms with Gasteiger partial charge in [-0.1, -0.05) is 32.0 Å². The Labute approximate surface area is 132 Å². The summed E-state index contributed by atoms with van der Waals surface area (Å²) in [6.07, 6.45) is 1.87. The molecule has 0 aliphatic carbocycles. The molecule has 116 valence electrons. The van der Waals surface area contributed by atoms with Gasteiger partial charge in [-0.3, -0.25) is 9.80 Å². The highest BCUT2D eigenvalue weighted by Gasteiger charge is 2.56. The highest BCUT2D eigenvalue weighted by atomic mass is 15.4. The summed E-state index contributed by atoms with van der Waals surface area (Å²) < 4.78 is 0. The first-order valence-corrected chi connectivity index (χ1v) is 8.52. The van der Waals surface area contributed by atoms with Crippen LogP contribution in [-0.4, -0.2) is 41.0 Å². The van der Waals surface area contributed by atoms with E-state index in [0.717, 1.165) is 0 Å². The van der Waals surface area contributed by atoms with Crippen LogP contribution in [-0.2, 0) is 0 Å². The lowest BCUT2D eigenvalue weighted by Gasteiger charge is -2.66. The normalized spacial score (nSPS) is 43.1. The molecular formula is C19H25N3. The molecule has 4 bridgehead atoms. The maximum absolute atomic E-state index is 3.60. The van der Waals surface area contributed by atoms with Crippen molar-refractivity contribution in [1.82, 2.24) is 14.8 Å². The molecule has 0 unspecified atom stereocenters. The van der Waals surface area contributed by atoms with E-state index in [1.54, 1.807) is 0 Å². The van der Waals surface area contributed by atoms with Crippen molar-refractivity contribution in [2.45, 2.75) is 33.4 Å². The number of nitrogens with one attached hydrogen (secondary N) is 1. The summed E-state index contributed by atoms with van der Waals surface area (Å²) in [6, 6.07) is 8.78. The van der Waals surface area contributed by atoms with Crippen LogP contribution in [0, 0.1) is 17.8 Å². The van der Waals surface area contributed by atoms with Gasteiger partial charge < -0.3 is 4.98 Å². The Bertz CT molecular complexity index is 723. The van der Waals surface area contributed by atoms with E-state index in [1.165, 1.54) is 54.8 Å². The van der Waals surface area contributed by atoms with E-state index < -0.39 is 0 Å². The second kappa shape index (κ2) is 3.95. The van der Waals surface area contributed by atoms with Gasteiger partial charge in [-0.15, -0.1) is 0 Å². The molecule has 1 aromatic carbocycles. The maximum Gasteiger partial charge on any atom is 0.0910 e. The average molecular weight is 295 g/mol. The molecule has 5 heterocycles. The average Bonchev–Trinajstić information content (AvgIpc) is 2.72. The van der Waals surface area contributed by atoms with Crippen molar-refractivity contribution < 1.29 is 0 Å². The first-order valence-electron chi connectivity index (χ1n) is 8.52. The van der Waals surface area contributed by atoms with Gasteiger partial charge in [-0.25, -0.2) is 0 Å². The Hall–Kier alpha value is -1.32. The first-order chi connectivity index (χ1) is 10.5. The van der Waals surface area contributed by atoms with Gasteiger partial charge in [0.2, 0.25) is 0 Å². The van der Waals surface area contributed by atoms with Gasteiger partial charge in [-0.05, 0) is 30.2 Å². The minimum atomic E-state index is 0.470. The number of rotatable bonds is 1. The molecule has 2 aromatic rings. The van der Waals surface area contributed by atoms with Crippen LogP contribution in [0.2, 0.25) is 0 Å². The SMILES string of the molecule is Cc1[nH]c2ccccc2c1C1N2CC3(C)CN1CC(C)(C2)C3. The molecular weight excluding hydrogens is 270 g/mol. The minimum absolute atomic E-state index is 0.470. The molecule has 3 heteroatoms. The number of para-hydroxylation sites is 1. The van der Waals surface area contributed by atoms with Crippen molar-refractivity contribution in [3.63, 3.8) is 0 Å². The summed E-state index contributed by atoms with van der Waals surface area (Å²) in [5, 5.41) is 1.41. The summed E-state index contributed by atoms with van der Waals surface area (Å²) in [5.74, 6) is 0. The van der Waals surface area contributed by atoms with Crippen LogP contribution in [0.15, 0.2) is 24.3 Å². The molecule has 4 aliphatic rings. The summed E-state index contributed by atoms with van der Waals surface area (Å²) in [4.78, 5) is 9.10. The lowest BCUT2D eigenvalue weighted by molar-refractivity contribution is -0.194. The standard InChI is InChI=1S/C19H25N3/c1-13-16(14-6-4-5-7-15(14)20-13)17-21-9-18(2)8-19(3,11-21)12-22(17)10-18/h4-7,17,20H,8-12H2,1-3H3. The van der Waals surface area contributed by atoms with Crippen molar-refractivity contribution in [3.8, 4) is 0 Å². The van der Waals surface area contributed by atoms with Gasteiger partial charge in [0.1, 0.15) is 0 Å². The molecule has 0 radical (unpaired) electrons. The number of hydrogen-bond donors (Lipinski definition) is 1. The second-order valence-corrected chi connectivity index (χ2v) is 8.69. The van der Waals surface area contributed by atoms with Crippen LogP contribution < -0.4 is 0 Å². The van der Waals surface area contributed by atoms with Crippen LogP contribution in [0.3, 0.4) is 0 Å². The van der Waals surface area contributed by atoms with Crippen LogP contribution in [0.5, 0.6) is 0 Å². The third kappa shape index (κ3) is 1.64. The zero-order valence-corrected chi connectivity index (χ0v) is 13.8. The number of nitrogens with zero attached hydrogens (tertiary/aromatic N) is 2. The fraction of sp³-hybridized carbons (Fsp3) is 0.579. The number of aromatic nitrogens is 1. The second-order valence-electron chi connectivity index (χ2n) is 8.69. The molecule has 0 saturated carbocycles. The highest BCUT2D eigenvalue weighted by molar-refractivity contribution is 5.85. The lowest BCUT2D eigenvalue weighted by Crippen LogP contribution is -2.70.